The number of amides is 2. The summed E-state index contributed by atoms with van der Waals surface area (Å²) >= 11 is 0. The highest BCUT2D eigenvalue weighted by Gasteiger charge is 2.27. The number of carbonyl (C=O) groups excluding carboxylic acids is 2. The molecule has 2 aromatic carbocycles. The van der Waals surface area contributed by atoms with Gasteiger partial charge >= 0.3 is 0 Å². The molecule has 2 N–H and O–H groups in total. The number of hydrogen-bond donors (Lipinski definition) is 2. The minimum absolute atomic E-state index is 0.0284. The standard InChI is InChI=1S/C25H30N4O2/c1-4-23(30)29-11-5-6-20(15-29)25(31)26-14-18-7-9-19(10-8-18)24-27-21-12-16(2)17(3)13-22(21)28-24/h7-10,12-13,20H,4-6,11,14-15H2,1-3H3,(H,26,31)(H,27,28)/t20-/m0/s1. The van der Waals surface area contributed by atoms with Crippen molar-refractivity contribution in [3.05, 3.63) is 53.1 Å². The second-order valence-corrected chi connectivity index (χ2v) is 8.49. The van der Waals surface area contributed by atoms with E-state index in [1.54, 1.807) is 0 Å². The van der Waals surface area contributed by atoms with Gasteiger partial charge in [-0.05, 0) is 55.5 Å². The second-order valence-electron chi connectivity index (χ2n) is 8.49. The highest BCUT2D eigenvalue weighted by atomic mass is 16.2. The van der Waals surface area contributed by atoms with Crippen molar-refractivity contribution in [1.82, 2.24) is 20.2 Å². The van der Waals surface area contributed by atoms with Crippen molar-refractivity contribution in [2.45, 2.75) is 46.6 Å². The Bertz CT molecular complexity index is 1060. The molecule has 1 aliphatic rings. The summed E-state index contributed by atoms with van der Waals surface area (Å²) in [6, 6.07) is 12.3. The number of likely N-dealkylation sites (tertiary alicyclic amines) is 1. The molecular weight excluding hydrogens is 388 g/mol. The summed E-state index contributed by atoms with van der Waals surface area (Å²) in [7, 11) is 0. The maximum absolute atomic E-state index is 12.6. The van der Waals surface area contributed by atoms with Gasteiger partial charge in [-0.15, -0.1) is 0 Å². The molecule has 6 heteroatoms. The van der Waals surface area contributed by atoms with E-state index in [0.717, 1.165) is 47.4 Å². The molecular formula is C25H30N4O2. The minimum atomic E-state index is -0.119. The van der Waals surface area contributed by atoms with Crippen LogP contribution in [-0.4, -0.2) is 39.8 Å². The number of benzene rings is 2. The number of aromatic nitrogens is 2. The molecule has 0 radical (unpaired) electrons. The van der Waals surface area contributed by atoms with E-state index in [9.17, 15) is 9.59 Å². The topological polar surface area (TPSA) is 78.1 Å². The first-order valence-electron chi connectivity index (χ1n) is 11.1. The van der Waals surface area contributed by atoms with Crippen molar-refractivity contribution < 1.29 is 9.59 Å². The normalized spacial score (nSPS) is 16.5. The van der Waals surface area contributed by atoms with Gasteiger partial charge in [-0.25, -0.2) is 4.98 Å². The molecule has 4 rings (SSSR count). The van der Waals surface area contributed by atoms with Crippen LogP contribution in [0.25, 0.3) is 22.4 Å². The summed E-state index contributed by atoms with van der Waals surface area (Å²) in [6.45, 7) is 7.84. The molecule has 1 aromatic heterocycles. The molecule has 2 heterocycles. The zero-order valence-corrected chi connectivity index (χ0v) is 18.5. The van der Waals surface area contributed by atoms with Gasteiger partial charge in [0.2, 0.25) is 11.8 Å². The van der Waals surface area contributed by atoms with Gasteiger partial charge in [0.1, 0.15) is 5.82 Å². The van der Waals surface area contributed by atoms with Crippen molar-refractivity contribution in [2.24, 2.45) is 5.92 Å². The third-order valence-electron chi connectivity index (χ3n) is 6.24. The first-order chi connectivity index (χ1) is 14.9. The van der Waals surface area contributed by atoms with Gasteiger partial charge in [0.15, 0.2) is 0 Å². The van der Waals surface area contributed by atoms with Gasteiger partial charge in [-0.3, -0.25) is 9.59 Å². The van der Waals surface area contributed by atoms with Crippen LogP contribution in [0.3, 0.4) is 0 Å². The average molecular weight is 419 g/mol. The monoisotopic (exact) mass is 418 g/mol. The Morgan fingerprint density at radius 2 is 1.90 bits per heavy atom. The number of imidazole rings is 1. The molecule has 0 unspecified atom stereocenters. The van der Waals surface area contributed by atoms with Crippen LogP contribution in [0, 0.1) is 19.8 Å². The molecule has 1 aliphatic heterocycles. The lowest BCUT2D eigenvalue weighted by Crippen LogP contribution is -2.45. The van der Waals surface area contributed by atoms with Crippen LogP contribution in [-0.2, 0) is 16.1 Å². The van der Waals surface area contributed by atoms with Crippen LogP contribution in [0.5, 0.6) is 0 Å². The van der Waals surface area contributed by atoms with Crippen LogP contribution in [0.4, 0.5) is 0 Å². The quantitative estimate of drug-likeness (QED) is 0.654. The third kappa shape index (κ3) is 4.63. The van der Waals surface area contributed by atoms with Gasteiger partial charge in [-0.1, -0.05) is 31.2 Å². The Balaban J connectivity index is 1.38. The predicted molar refractivity (Wildman–Crippen MR) is 122 cm³/mol. The molecule has 0 saturated carbocycles. The molecule has 2 amide bonds. The Hall–Kier alpha value is -3.15. The maximum atomic E-state index is 12.6. The number of rotatable bonds is 5. The van der Waals surface area contributed by atoms with Crippen LogP contribution in [0.1, 0.15) is 42.9 Å². The molecule has 1 fully saturated rings. The van der Waals surface area contributed by atoms with Crippen LogP contribution < -0.4 is 5.32 Å². The summed E-state index contributed by atoms with van der Waals surface area (Å²) in [5, 5.41) is 3.04. The summed E-state index contributed by atoms with van der Waals surface area (Å²) < 4.78 is 0. The summed E-state index contributed by atoms with van der Waals surface area (Å²) in [5.41, 5.74) is 6.54. The Morgan fingerprint density at radius 1 is 1.16 bits per heavy atom. The van der Waals surface area contributed by atoms with Crippen molar-refractivity contribution in [1.29, 1.82) is 0 Å². The van der Waals surface area contributed by atoms with Gasteiger partial charge in [0.25, 0.3) is 0 Å². The molecule has 162 valence electrons. The van der Waals surface area contributed by atoms with Crippen molar-refractivity contribution in [3.63, 3.8) is 0 Å². The lowest BCUT2D eigenvalue weighted by Gasteiger charge is -2.31. The largest absolute Gasteiger partial charge is 0.352 e. The smallest absolute Gasteiger partial charge is 0.225 e. The number of nitrogens with one attached hydrogen (secondary N) is 2. The van der Waals surface area contributed by atoms with E-state index in [2.05, 4.69) is 36.3 Å². The number of H-pyrrole nitrogens is 1. The number of aromatic amines is 1. The second kappa shape index (κ2) is 8.92. The number of hydrogen-bond acceptors (Lipinski definition) is 3. The number of fused-ring (bicyclic) bond motifs is 1. The lowest BCUT2D eigenvalue weighted by atomic mass is 9.96. The van der Waals surface area contributed by atoms with Gasteiger partial charge in [-0.2, -0.15) is 0 Å². The predicted octanol–water partition coefficient (Wildman–Crippen LogP) is 4.11. The SMILES string of the molecule is CCC(=O)N1CCC[C@H](C(=O)NCc2ccc(-c3nc4cc(C)c(C)cc4[nH]3)cc2)C1. The molecule has 6 nitrogen and oxygen atoms in total. The van der Waals surface area contributed by atoms with E-state index < -0.39 is 0 Å². The maximum Gasteiger partial charge on any atom is 0.225 e. The van der Waals surface area contributed by atoms with Gasteiger partial charge < -0.3 is 15.2 Å². The number of aryl methyl sites for hydroxylation is 2. The first kappa shape index (κ1) is 21.1. The van der Waals surface area contributed by atoms with E-state index in [4.69, 9.17) is 4.98 Å². The van der Waals surface area contributed by atoms with Crippen molar-refractivity contribution in [2.75, 3.05) is 13.1 Å². The van der Waals surface area contributed by atoms with Gasteiger partial charge in [0.05, 0.1) is 17.0 Å². The zero-order valence-electron chi connectivity index (χ0n) is 18.5. The van der Waals surface area contributed by atoms with Crippen LogP contribution in [0.2, 0.25) is 0 Å². The molecule has 1 saturated heterocycles. The fraction of sp³-hybridized carbons (Fsp3) is 0.400. The van der Waals surface area contributed by atoms with Gasteiger partial charge in [0, 0.05) is 31.6 Å². The summed E-state index contributed by atoms with van der Waals surface area (Å²) in [5.74, 6) is 0.883. The Morgan fingerprint density at radius 3 is 2.65 bits per heavy atom. The first-order valence-corrected chi connectivity index (χ1v) is 11.1. The molecule has 31 heavy (non-hydrogen) atoms. The molecule has 1 atom stereocenters. The van der Waals surface area contributed by atoms with E-state index >= 15 is 0 Å². The minimum Gasteiger partial charge on any atom is -0.352 e. The van der Waals surface area contributed by atoms with Crippen LogP contribution in [0.15, 0.2) is 36.4 Å². The highest BCUT2D eigenvalue weighted by Crippen LogP contribution is 2.23. The molecule has 0 spiro atoms. The third-order valence-corrected chi connectivity index (χ3v) is 6.24. The molecule has 3 aromatic rings. The van der Waals surface area contributed by atoms with Crippen molar-refractivity contribution >= 4 is 22.8 Å². The lowest BCUT2D eigenvalue weighted by molar-refractivity contribution is -0.135. The zero-order chi connectivity index (χ0) is 22.0. The average Bonchev–Trinajstić information content (AvgIpc) is 3.20. The number of piperidine rings is 1. The van der Waals surface area contributed by atoms with Crippen LogP contribution >= 0.6 is 0 Å². The fourth-order valence-corrected chi connectivity index (χ4v) is 4.16. The molecule has 0 bridgehead atoms. The number of nitrogens with zero attached hydrogens (tertiary/aromatic N) is 2. The Labute approximate surface area is 183 Å². The van der Waals surface area contributed by atoms with E-state index in [1.807, 2.05) is 36.1 Å². The summed E-state index contributed by atoms with van der Waals surface area (Å²) in [4.78, 5) is 34.5. The highest BCUT2D eigenvalue weighted by molar-refractivity contribution is 5.82. The van der Waals surface area contributed by atoms with Crippen molar-refractivity contribution in [3.8, 4) is 11.4 Å². The summed E-state index contributed by atoms with van der Waals surface area (Å²) in [6.07, 6.45) is 2.21. The Kier molecular flexibility index (Phi) is 6.07. The number of carbonyl (C=O) groups is 2. The van der Waals surface area contributed by atoms with E-state index in [1.165, 1.54) is 11.1 Å². The fourth-order valence-electron chi connectivity index (χ4n) is 4.16. The van der Waals surface area contributed by atoms with E-state index in [0.29, 0.717) is 19.5 Å². The molecule has 0 aliphatic carbocycles. The van der Waals surface area contributed by atoms with E-state index in [-0.39, 0.29) is 17.7 Å².